The molecule has 188 valence electrons. The van der Waals surface area contributed by atoms with Gasteiger partial charge in [-0.25, -0.2) is 9.78 Å². The maximum absolute atomic E-state index is 13.5. The summed E-state index contributed by atoms with van der Waals surface area (Å²) in [6, 6.07) is 17.7. The fourth-order valence-electron chi connectivity index (χ4n) is 4.96. The molecule has 3 heterocycles. The van der Waals surface area contributed by atoms with Crippen LogP contribution in [0.3, 0.4) is 0 Å². The molecule has 0 saturated carbocycles. The van der Waals surface area contributed by atoms with Gasteiger partial charge in [-0.05, 0) is 30.0 Å². The molecule has 1 unspecified atom stereocenters. The zero-order valence-corrected chi connectivity index (χ0v) is 19.7. The summed E-state index contributed by atoms with van der Waals surface area (Å²) < 4.78 is 45.7. The van der Waals surface area contributed by atoms with E-state index in [1.807, 2.05) is 52.3 Å². The third-order valence-corrected chi connectivity index (χ3v) is 6.61. The van der Waals surface area contributed by atoms with Crippen molar-refractivity contribution in [2.24, 2.45) is 0 Å². The molecule has 1 saturated heterocycles. The molecule has 0 amide bonds. The van der Waals surface area contributed by atoms with Gasteiger partial charge in [0, 0.05) is 61.8 Å². The fraction of sp³-hybridized carbons (Fsp3) is 0.333. The Bertz CT molecular complexity index is 1400. The van der Waals surface area contributed by atoms with Crippen LogP contribution in [0.25, 0.3) is 21.7 Å². The van der Waals surface area contributed by atoms with Gasteiger partial charge in [0.1, 0.15) is 11.4 Å². The largest absolute Gasteiger partial charge is 0.423 e. The van der Waals surface area contributed by atoms with Crippen LogP contribution in [0.4, 0.5) is 24.7 Å². The van der Waals surface area contributed by atoms with E-state index in [1.165, 1.54) is 6.07 Å². The molecule has 36 heavy (non-hydrogen) atoms. The van der Waals surface area contributed by atoms with Crippen molar-refractivity contribution in [2.75, 3.05) is 42.9 Å². The van der Waals surface area contributed by atoms with E-state index in [1.54, 1.807) is 18.3 Å². The second kappa shape index (κ2) is 10.2. The summed E-state index contributed by atoms with van der Waals surface area (Å²) in [5, 5.41) is 6.02. The average Bonchev–Trinajstić information content (AvgIpc) is 2.86. The molecular formula is C27H27F3N4O2. The summed E-state index contributed by atoms with van der Waals surface area (Å²) in [6.45, 7) is 2.43. The summed E-state index contributed by atoms with van der Waals surface area (Å²) in [5.74, 6) is 0.733. The maximum Gasteiger partial charge on any atom is 0.390 e. The molecule has 1 aliphatic heterocycles. The third kappa shape index (κ3) is 5.46. The van der Waals surface area contributed by atoms with Crippen LogP contribution in [-0.4, -0.2) is 54.8 Å². The highest BCUT2D eigenvalue weighted by atomic mass is 19.4. The quantitative estimate of drug-likeness (QED) is 0.277. The monoisotopic (exact) mass is 496 g/mol. The first kappa shape index (κ1) is 24.1. The highest BCUT2D eigenvalue weighted by molar-refractivity contribution is 5.92. The van der Waals surface area contributed by atoms with Crippen LogP contribution in [-0.2, 0) is 0 Å². The predicted molar refractivity (Wildman–Crippen MR) is 136 cm³/mol. The Morgan fingerprint density at radius 2 is 1.81 bits per heavy atom. The lowest BCUT2D eigenvalue weighted by Crippen LogP contribution is -2.55. The van der Waals surface area contributed by atoms with E-state index < -0.39 is 24.3 Å². The van der Waals surface area contributed by atoms with E-state index in [9.17, 15) is 18.0 Å². The molecule has 1 fully saturated rings. The van der Waals surface area contributed by atoms with Crippen molar-refractivity contribution in [3.05, 3.63) is 77.3 Å². The van der Waals surface area contributed by atoms with Crippen LogP contribution in [0.5, 0.6) is 0 Å². The Labute approximate surface area is 206 Å². The Morgan fingerprint density at radius 3 is 2.64 bits per heavy atom. The van der Waals surface area contributed by atoms with Crippen molar-refractivity contribution in [1.29, 1.82) is 0 Å². The van der Waals surface area contributed by atoms with E-state index in [-0.39, 0.29) is 6.54 Å². The molecular weight excluding hydrogens is 469 g/mol. The zero-order chi connectivity index (χ0) is 25.1. The van der Waals surface area contributed by atoms with Gasteiger partial charge in [-0.3, -0.25) is 4.90 Å². The van der Waals surface area contributed by atoms with Gasteiger partial charge in [-0.15, -0.1) is 0 Å². The number of hydrogen-bond donors (Lipinski definition) is 1. The Balaban J connectivity index is 1.26. The van der Waals surface area contributed by atoms with E-state index in [4.69, 9.17) is 4.42 Å². The minimum absolute atomic E-state index is 0.262. The van der Waals surface area contributed by atoms with Gasteiger partial charge in [-0.2, -0.15) is 13.2 Å². The normalized spacial score (nSPS) is 17.1. The summed E-state index contributed by atoms with van der Waals surface area (Å²) in [4.78, 5) is 20.3. The highest BCUT2D eigenvalue weighted by Gasteiger charge is 2.38. The number of fused-ring (bicyclic) bond motifs is 2. The molecule has 0 spiro atoms. The smallest absolute Gasteiger partial charge is 0.390 e. The number of rotatable bonds is 7. The standard InChI is InChI=1S/C27H27F3N4O2/c28-27(29,30)17-20-18-34(26-21-7-2-1-6-19(21)10-12-32-26)15-14-33(20)13-5-11-31-23-16-25(35)36-24-9-4-3-8-22(23)24/h1-4,6-10,12,16,20,31H,5,11,13-15,17-18H2. The first-order valence-corrected chi connectivity index (χ1v) is 12.0. The first-order valence-electron chi connectivity index (χ1n) is 12.0. The fourth-order valence-corrected chi connectivity index (χ4v) is 4.96. The molecule has 1 aliphatic rings. The third-order valence-electron chi connectivity index (χ3n) is 6.61. The number of aromatic nitrogens is 1. The first-order chi connectivity index (χ1) is 17.4. The van der Waals surface area contributed by atoms with Crippen LogP contribution in [0.15, 0.2) is 76.1 Å². The van der Waals surface area contributed by atoms with Gasteiger partial charge in [0.15, 0.2) is 0 Å². The predicted octanol–water partition coefficient (Wildman–Crippen LogP) is 5.29. The number of benzene rings is 2. The lowest BCUT2D eigenvalue weighted by molar-refractivity contribution is -0.147. The molecule has 1 N–H and O–H groups in total. The Hall–Kier alpha value is -3.59. The molecule has 2 aromatic heterocycles. The molecule has 6 nitrogen and oxygen atoms in total. The number of nitrogens with zero attached hydrogens (tertiary/aromatic N) is 3. The van der Waals surface area contributed by atoms with Crippen molar-refractivity contribution in [1.82, 2.24) is 9.88 Å². The van der Waals surface area contributed by atoms with Gasteiger partial charge < -0.3 is 14.6 Å². The van der Waals surface area contributed by atoms with E-state index in [0.29, 0.717) is 43.9 Å². The van der Waals surface area contributed by atoms with Crippen LogP contribution in [0.2, 0.25) is 0 Å². The highest BCUT2D eigenvalue weighted by Crippen LogP contribution is 2.30. The minimum atomic E-state index is -4.26. The number of pyridine rings is 1. The van der Waals surface area contributed by atoms with Crippen molar-refractivity contribution >= 4 is 33.2 Å². The van der Waals surface area contributed by atoms with E-state index in [0.717, 1.165) is 22.0 Å². The summed E-state index contributed by atoms with van der Waals surface area (Å²) in [6.07, 6.45) is -2.78. The lowest BCUT2D eigenvalue weighted by Gasteiger charge is -2.42. The van der Waals surface area contributed by atoms with Crippen molar-refractivity contribution in [3.63, 3.8) is 0 Å². The topological polar surface area (TPSA) is 61.6 Å². The number of halogens is 3. The molecule has 0 radical (unpaired) electrons. The second-order valence-electron chi connectivity index (χ2n) is 9.07. The van der Waals surface area contributed by atoms with Gasteiger partial charge in [0.2, 0.25) is 0 Å². The lowest BCUT2D eigenvalue weighted by atomic mass is 10.1. The van der Waals surface area contributed by atoms with Gasteiger partial charge >= 0.3 is 11.8 Å². The van der Waals surface area contributed by atoms with Crippen LogP contribution in [0, 0.1) is 0 Å². The number of para-hydroxylation sites is 1. The Morgan fingerprint density at radius 1 is 1.03 bits per heavy atom. The van der Waals surface area contributed by atoms with Gasteiger partial charge in [-0.1, -0.05) is 36.4 Å². The zero-order valence-electron chi connectivity index (χ0n) is 19.7. The molecule has 1 atom stereocenters. The molecule has 0 bridgehead atoms. The van der Waals surface area contributed by atoms with Crippen molar-refractivity contribution in [2.45, 2.75) is 25.1 Å². The van der Waals surface area contributed by atoms with E-state index in [2.05, 4.69) is 10.3 Å². The van der Waals surface area contributed by atoms with Gasteiger partial charge in [0.25, 0.3) is 0 Å². The van der Waals surface area contributed by atoms with Gasteiger partial charge in [0.05, 0.1) is 12.1 Å². The van der Waals surface area contributed by atoms with Crippen LogP contribution < -0.4 is 15.8 Å². The summed E-state index contributed by atoms with van der Waals surface area (Å²) in [7, 11) is 0. The number of nitrogens with one attached hydrogen (secondary N) is 1. The number of anilines is 2. The van der Waals surface area contributed by atoms with Crippen molar-refractivity contribution in [3.8, 4) is 0 Å². The number of hydrogen-bond acceptors (Lipinski definition) is 6. The summed E-state index contributed by atoms with van der Waals surface area (Å²) in [5.41, 5.74) is 0.719. The SMILES string of the molecule is O=c1cc(NCCCN2CCN(c3nccc4ccccc34)CC2CC(F)(F)F)c2ccccc2o1. The molecule has 2 aromatic carbocycles. The van der Waals surface area contributed by atoms with Crippen molar-refractivity contribution < 1.29 is 17.6 Å². The van der Waals surface area contributed by atoms with Crippen LogP contribution in [0.1, 0.15) is 12.8 Å². The molecule has 0 aliphatic carbocycles. The molecule has 4 aromatic rings. The van der Waals surface area contributed by atoms with E-state index >= 15 is 0 Å². The number of piperazine rings is 1. The second-order valence-corrected chi connectivity index (χ2v) is 9.07. The summed E-state index contributed by atoms with van der Waals surface area (Å²) >= 11 is 0. The molecule has 9 heteroatoms. The minimum Gasteiger partial charge on any atom is -0.423 e. The maximum atomic E-state index is 13.5. The Kier molecular flexibility index (Phi) is 6.82. The molecule has 5 rings (SSSR count). The average molecular weight is 497 g/mol. The van der Waals surface area contributed by atoms with Crippen LogP contribution >= 0.6 is 0 Å². The number of alkyl halides is 3.